The first-order valence-corrected chi connectivity index (χ1v) is 11.1. The van der Waals surface area contributed by atoms with E-state index >= 15 is 0 Å². The summed E-state index contributed by atoms with van der Waals surface area (Å²) in [5, 5.41) is 3.16. The van der Waals surface area contributed by atoms with E-state index in [2.05, 4.69) is 28.7 Å². The third kappa shape index (κ3) is 5.15. The average molecular weight is 476 g/mol. The summed E-state index contributed by atoms with van der Waals surface area (Å²) in [5.74, 6) is -2.14. The molecular formula is C23H23ClFN3O3S. The first kappa shape index (κ1) is 23.8. The number of amides is 1. The van der Waals surface area contributed by atoms with E-state index in [1.54, 1.807) is 6.07 Å². The van der Waals surface area contributed by atoms with Crippen molar-refractivity contribution in [3.63, 3.8) is 0 Å². The predicted octanol–water partition coefficient (Wildman–Crippen LogP) is 5.53. The van der Waals surface area contributed by atoms with Gasteiger partial charge in [0.25, 0.3) is 5.91 Å². The quantitative estimate of drug-likeness (QED) is 0.343. The van der Waals surface area contributed by atoms with Crippen LogP contribution in [0.1, 0.15) is 39.6 Å². The van der Waals surface area contributed by atoms with Crippen LogP contribution in [0.3, 0.4) is 0 Å². The Hall–Kier alpha value is -2.81. The van der Waals surface area contributed by atoms with Crippen LogP contribution in [0.15, 0.2) is 42.5 Å². The number of hydrogen-bond donors (Lipinski definition) is 1. The highest BCUT2D eigenvalue weighted by Crippen LogP contribution is 2.36. The van der Waals surface area contributed by atoms with Crippen molar-refractivity contribution in [2.75, 3.05) is 25.5 Å². The van der Waals surface area contributed by atoms with Crippen molar-refractivity contribution in [3.05, 3.63) is 69.5 Å². The molecule has 0 spiro atoms. The molecule has 6 nitrogen and oxygen atoms in total. The Morgan fingerprint density at radius 1 is 1.31 bits per heavy atom. The molecule has 32 heavy (non-hydrogen) atoms. The van der Waals surface area contributed by atoms with E-state index in [0.29, 0.717) is 16.8 Å². The van der Waals surface area contributed by atoms with Gasteiger partial charge in [0.05, 0.1) is 29.1 Å². The van der Waals surface area contributed by atoms with Gasteiger partial charge in [-0.1, -0.05) is 36.7 Å². The minimum absolute atomic E-state index is 0.0285. The lowest BCUT2D eigenvalue weighted by Crippen LogP contribution is -2.24. The molecule has 3 aromatic rings. The van der Waals surface area contributed by atoms with Gasteiger partial charge in [0.2, 0.25) is 0 Å². The van der Waals surface area contributed by atoms with E-state index < -0.39 is 17.7 Å². The molecule has 9 heteroatoms. The van der Waals surface area contributed by atoms with Crippen LogP contribution in [0.4, 0.5) is 10.1 Å². The Morgan fingerprint density at radius 3 is 2.69 bits per heavy atom. The minimum Gasteiger partial charge on any atom is -0.465 e. The largest absolute Gasteiger partial charge is 0.465 e. The number of thiophene rings is 1. The van der Waals surface area contributed by atoms with Gasteiger partial charge in [-0.05, 0) is 37.7 Å². The van der Waals surface area contributed by atoms with Gasteiger partial charge in [-0.15, -0.1) is 11.3 Å². The molecule has 0 saturated carbocycles. The highest BCUT2D eigenvalue weighted by molar-refractivity contribution is 7.21. The van der Waals surface area contributed by atoms with Crippen LogP contribution in [0.2, 0.25) is 5.02 Å². The molecular weight excluding hydrogens is 453 g/mol. The van der Waals surface area contributed by atoms with Crippen molar-refractivity contribution < 1.29 is 18.7 Å². The van der Waals surface area contributed by atoms with E-state index in [9.17, 15) is 14.0 Å². The molecule has 2 heterocycles. The van der Waals surface area contributed by atoms with E-state index in [0.717, 1.165) is 41.8 Å². The molecule has 0 unspecified atom stereocenters. The molecule has 0 atom stereocenters. The number of nitrogens with zero attached hydrogens (tertiary/aromatic N) is 2. The fraction of sp³-hybridized carbons (Fsp3) is 0.261. The number of carbonyl (C=O) groups excluding carboxylic acids is 2. The minimum atomic E-state index is -0.763. The summed E-state index contributed by atoms with van der Waals surface area (Å²) in [7, 11) is 1.25. The summed E-state index contributed by atoms with van der Waals surface area (Å²) in [6.07, 6.45) is 0. The van der Waals surface area contributed by atoms with Crippen LogP contribution < -0.4 is 5.32 Å². The second-order valence-corrected chi connectivity index (χ2v) is 8.67. The van der Waals surface area contributed by atoms with Crippen LogP contribution in [-0.2, 0) is 11.3 Å². The van der Waals surface area contributed by atoms with Crippen LogP contribution in [-0.4, -0.2) is 42.0 Å². The summed E-state index contributed by atoms with van der Waals surface area (Å²) in [6.45, 7) is 10.2. The Labute approximate surface area is 194 Å². The number of carbonyl (C=O) groups is 2. The Balaban J connectivity index is 2.00. The lowest BCUT2D eigenvalue weighted by atomic mass is 10.1. The topological polar surface area (TPSA) is 71.5 Å². The van der Waals surface area contributed by atoms with E-state index in [4.69, 9.17) is 16.3 Å². The smallest absolute Gasteiger partial charge is 0.350 e. The van der Waals surface area contributed by atoms with Crippen LogP contribution >= 0.6 is 22.9 Å². The third-order valence-corrected chi connectivity index (χ3v) is 6.13. The van der Waals surface area contributed by atoms with Crippen LogP contribution in [0.25, 0.3) is 10.2 Å². The number of likely N-dealkylation sites (N-methyl/N-ethyl adjacent to an activating group) is 1. The summed E-state index contributed by atoms with van der Waals surface area (Å²) in [6, 6.07) is 7.60. The predicted molar refractivity (Wildman–Crippen MR) is 126 cm³/mol. The van der Waals surface area contributed by atoms with Gasteiger partial charge in [0, 0.05) is 18.5 Å². The molecule has 0 aliphatic heterocycles. The number of nitrogens with one attached hydrogen (secondary N) is 1. The summed E-state index contributed by atoms with van der Waals surface area (Å²) < 4.78 is 19.1. The molecule has 1 amide bonds. The number of anilines is 1. The summed E-state index contributed by atoms with van der Waals surface area (Å²) in [5.41, 5.74) is 1.78. The normalized spacial score (nSPS) is 11.1. The zero-order chi connectivity index (χ0) is 23.4. The molecule has 2 aromatic heterocycles. The SMILES string of the molecule is C=C(C)CN(CC)Cc1ccc2c(NC(=O)c3c(F)cccc3Cl)c(C(=O)OC)sc2n1. The van der Waals surface area contributed by atoms with Crippen molar-refractivity contribution in [2.24, 2.45) is 0 Å². The fourth-order valence-electron chi connectivity index (χ4n) is 3.25. The molecule has 0 saturated heterocycles. The number of ether oxygens (including phenoxy) is 1. The molecule has 0 fully saturated rings. The maximum absolute atomic E-state index is 14.2. The molecule has 168 valence electrons. The van der Waals surface area contributed by atoms with Crippen LogP contribution in [0.5, 0.6) is 0 Å². The maximum Gasteiger partial charge on any atom is 0.350 e. The number of pyridine rings is 1. The van der Waals surface area contributed by atoms with E-state index in [1.807, 2.05) is 13.0 Å². The van der Waals surface area contributed by atoms with Crippen molar-refractivity contribution in [1.82, 2.24) is 9.88 Å². The molecule has 0 aliphatic carbocycles. The van der Waals surface area contributed by atoms with Crippen molar-refractivity contribution >= 4 is 50.7 Å². The summed E-state index contributed by atoms with van der Waals surface area (Å²) in [4.78, 5) is 32.8. The number of hydrogen-bond acceptors (Lipinski definition) is 6. The molecule has 0 radical (unpaired) electrons. The Bertz CT molecular complexity index is 1170. The highest BCUT2D eigenvalue weighted by Gasteiger charge is 2.24. The number of methoxy groups -OCH3 is 1. The Morgan fingerprint density at radius 2 is 2.06 bits per heavy atom. The highest BCUT2D eigenvalue weighted by atomic mass is 35.5. The van der Waals surface area contributed by atoms with Gasteiger partial charge in [0.15, 0.2) is 0 Å². The molecule has 3 rings (SSSR count). The summed E-state index contributed by atoms with van der Waals surface area (Å²) >= 11 is 7.12. The second kappa shape index (κ2) is 10.2. The number of halogens is 2. The monoisotopic (exact) mass is 475 g/mol. The van der Waals surface area contributed by atoms with Crippen molar-refractivity contribution in [3.8, 4) is 0 Å². The molecule has 0 bridgehead atoms. The molecule has 1 aromatic carbocycles. The average Bonchev–Trinajstić information content (AvgIpc) is 3.09. The lowest BCUT2D eigenvalue weighted by Gasteiger charge is -2.19. The standard InChI is InChI=1S/C23H23ClFN3O3S/c1-5-28(11-13(2)3)12-14-9-10-15-19(20(23(30)31-4)32-22(15)26-14)27-21(29)18-16(24)7-6-8-17(18)25/h6-10H,2,5,11-12H2,1,3-4H3,(H,27,29). The van der Waals surface area contributed by atoms with Gasteiger partial charge in [0.1, 0.15) is 15.5 Å². The fourth-order valence-corrected chi connectivity index (χ4v) is 4.56. The first-order chi connectivity index (χ1) is 15.2. The number of aromatic nitrogens is 1. The Kier molecular flexibility index (Phi) is 7.60. The van der Waals surface area contributed by atoms with Gasteiger partial charge in [-0.2, -0.15) is 0 Å². The number of esters is 1. The van der Waals surface area contributed by atoms with Crippen molar-refractivity contribution in [2.45, 2.75) is 20.4 Å². The van der Waals surface area contributed by atoms with E-state index in [1.165, 1.54) is 19.2 Å². The maximum atomic E-state index is 14.2. The first-order valence-electron chi connectivity index (χ1n) is 9.88. The number of rotatable bonds is 8. The van der Waals surface area contributed by atoms with Gasteiger partial charge < -0.3 is 10.1 Å². The zero-order valence-electron chi connectivity index (χ0n) is 18.0. The number of benzene rings is 1. The van der Waals surface area contributed by atoms with Gasteiger partial charge in [-0.25, -0.2) is 14.2 Å². The third-order valence-electron chi connectivity index (χ3n) is 4.74. The molecule has 0 aliphatic rings. The zero-order valence-corrected chi connectivity index (χ0v) is 19.6. The van der Waals surface area contributed by atoms with Gasteiger partial charge in [-0.3, -0.25) is 9.69 Å². The second-order valence-electron chi connectivity index (χ2n) is 7.26. The number of fused-ring (bicyclic) bond motifs is 1. The van der Waals surface area contributed by atoms with Crippen LogP contribution in [0, 0.1) is 5.82 Å². The van der Waals surface area contributed by atoms with Crippen molar-refractivity contribution in [1.29, 1.82) is 0 Å². The lowest BCUT2D eigenvalue weighted by molar-refractivity contribution is 0.0607. The molecule has 1 N–H and O–H groups in total. The van der Waals surface area contributed by atoms with E-state index in [-0.39, 0.29) is 21.2 Å². The van der Waals surface area contributed by atoms with Gasteiger partial charge >= 0.3 is 5.97 Å².